The number of methoxy groups -OCH3 is 1. The number of rotatable bonds is 12. The van der Waals surface area contributed by atoms with Gasteiger partial charge in [-0.1, -0.05) is 19.3 Å². The summed E-state index contributed by atoms with van der Waals surface area (Å²) >= 11 is 12.0. The first-order valence-corrected chi connectivity index (χ1v) is 10.9. The predicted molar refractivity (Wildman–Crippen MR) is 109 cm³/mol. The van der Waals surface area contributed by atoms with Crippen molar-refractivity contribution in [2.75, 3.05) is 26.9 Å². The molecule has 1 aromatic carbocycles. The van der Waals surface area contributed by atoms with Gasteiger partial charge in [-0.3, -0.25) is 0 Å². The molecule has 0 aliphatic heterocycles. The van der Waals surface area contributed by atoms with E-state index < -0.39 is 0 Å². The van der Waals surface area contributed by atoms with Crippen LogP contribution in [0.2, 0.25) is 0 Å². The van der Waals surface area contributed by atoms with E-state index in [1.54, 1.807) is 7.11 Å². The third kappa shape index (κ3) is 7.17. The Balaban J connectivity index is 1.61. The van der Waals surface area contributed by atoms with Crippen LogP contribution in [0.25, 0.3) is 0 Å². The highest BCUT2D eigenvalue weighted by Gasteiger charge is 2.13. The SMILES string of the molecule is COc1cc(CCl)c(OCCCCCOCC2CCCCC2)cc1CCl. The molecule has 0 N–H and O–H groups in total. The van der Waals surface area contributed by atoms with Crippen LogP contribution in [-0.4, -0.2) is 26.9 Å². The van der Waals surface area contributed by atoms with Crippen molar-refractivity contribution < 1.29 is 14.2 Å². The molecule has 0 heterocycles. The van der Waals surface area contributed by atoms with E-state index in [-0.39, 0.29) is 0 Å². The molecule has 0 spiro atoms. The van der Waals surface area contributed by atoms with Crippen LogP contribution in [0.1, 0.15) is 62.5 Å². The second-order valence-corrected chi connectivity index (χ2v) is 7.56. The first-order chi connectivity index (χ1) is 12.8. The maximum Gasteiger partial charge on any atom is 0.124 e. The fourth-order valence-electron chi connectivity index (χ4n) is 3.45. The topological polar surface area (TPSA) is 27.7 Å². The molecular formula is C21H32Cl2O3. The van der Waals surface area contributed by atoms with Gasteiger partial charge < -0.3 is 14.2 Å². The van der Waals surface area contributed by atoms with E-state index in [9.17, 15) is 0 Å². The summed E-state index contributed by atoms with van der Waals surface area (Å²) in [6.45, 7) is 2.49. The molecule has 148 valence electrons. The van der Waals surface area contributed by atoms with Crippen LogP contribution in [0.5, 0.6) is 11.5 Å². The van der Waals surface area contributed by atoms with Crippen LogP contribution in [0, 0.1) is 5.92 Å². The second kappa shape index (κ2) is 12.7. The summed E-state index contributed by atoms with van der Waals surface area (Å²) in [5.41, 5.74) is 1.86. The number of ether oxygens (including phenoxy) is 3. The smallest absolute Gasteiger partial charge is 0.124 e. The molecule has 26 heavy (non-hydrogen) atoms. The van der Waals surface area contributed by atoms with Crippen molar-refractivity contribution in [3.05, 3.63) is 23.3 Å². The van der Waals surface area contributed by atoms with Crippen LogP contribution in [0.4, 0.5) is 0 Å². The highest BCUT2D eigenvalue weighted by molar-refractivity contribution is 6.18. The lowest BCUT2D eigenvalue weighted by molar-refractivity contribution is 0.0819. The molecule has 1 aromatic rings. The van der Waals surface area contributed by atoms with Crippen LogP contribution >= 0.6 is 23.2 Å². The highest BCUT2D eigenvalue weighted by Crippen LogP contribution is 2.31. The van der Waals surface area contributed by atoms with Gasteiger partial charge >= 0.3 is 0 Å². The van der Waals surface area contributed by atoms with E-state index in [2.05, 4.69) is 0 Å². The Kier molecular flexibility index (Phi) is 10.6. The molecule has 0 unspecified atom stereocenters. The predicted octanol–water partition coefficient (Wildman–Crippen LogP) is 6.32. The third-order valence-electron chi connectivity index (χ3n) is 5.02. The lowest BCUT2D eigenvalue weighted by Crippen LogP contribution is -2.13. The highest BCUT2D eigenvalue weighted by atomic mass is 35.5. The molecule has 0 atom stereocenters. The van der Waals surface area contributed by atoms with Gasteiger partial charge in [-0.05, 0) is 50.2 Å². The minimum atomic E-state index is 0.389. The summed E-state index contributed by atoms with van der Waals surface area (Å²) in [6.07, 6.45) is 10.1. The van der Waals surface area contributed by atoms with Gasteiger partial charge in [-0.15, -0.1) is 23.2 Å². The standard InChI is InChI=1S/C21H32Cl2O3/c1-24-20-12-19(15-23)21(13-18(20)14-22)26-11-7-3-6-10-25-16-17-8-4-2-5-9-17/h12-13,17H,2-11,14-16H2,1H3. The Morgan fingerprint density at radius 3 is 2.23 bits per heavy atom. The van der Waals surface area contributed by atoms with Crippen molar-refractivity contribution >= 4 is 23.2 Å². The lowest BCUT2D eigenvalue weighted by atomic mass is 9.90. The Morgan fingerprint density at radius 2 is 1.54 bits per heavy atom. The van der Waals surface area contributed by atoms with E-state index in [0.717, 1.165) is 61.0 Å². The van der Waals surface area contributed by atoms with Crippen molar-refractivity contribution in [2.24, 2.45) is 5.92 Å². The van der Waals surface area contributed by atoms with Crippen LogP contribution in [0.15, 0.2) is 12.1 Å². The van der Waals surface area contributed by atoms with Gasteiger partial charge in [-0.25, -0.2) is 0 Å². The number of hydrogen-bond donors (Lipinski definition) is 0. The third-order valence-corrected chi connectivity index (χ3v) is 5.60. The minimum absolute atomic E-state index is 0.389. The van der Waals surface area contributed by atoms with Crippen molar-refractivity contribution in [3.63, 3.8) is 0 Å². The van der Waals surface area contributed by atoms with Crippen molar-refractivity contribution in [2.45, 2.75) is 63.1 Å². The normalized spacial score (nSPS) is 15.2. The molecule has 0 aromatic heterocycles. The molecule has 0 amide bonds. The molecule has 1 saturated carbocycles. The monoisotopic (exact) mass is 402 g/mol. The van der Waals surface area contributed by atoms with Crippen LogP contribution in [0.3, 0.4) is 0 Å². The summed E-state index contributed by atoms with van der Waals surface area (Å²) in [5, 5.41) is 0. The van der Waals surface area contributed by atoms with Gasteiger partial charge in [0.05, 0.1) is 25.5 Å². The maximum atomic E-state index is 6.03. The molecule has 0 bridgehead atoms. The zero-order valence-corrected chi connectivity index (χ0v) is 17.4. The number of unbranched alkanes of at least 4 members (excludes halogenated alkanes) is 2. The fourth-order valence-corrected chi connectivity index (χ4v) is 3.86. The molecule has 0 radical (unpaired) electrons. The molecular weight excluding hydrogens is 371 g/mol. The number of hydrogen-bond acceptors (Lipinski definition) is 3. The van der Waals surface area contributed by atoms with Gasteiger partial charge in [0, 0.05) is 24.3 Å². The largest absolute Gasteiger partial charge is 0.496 e. The Labute approximate surface area is 168 Å². The van der Waals surface area contributed by atoms with Gasteiger partial charge in [0.25, 0.3) is 0 Å². The van der Waals surface area contributed by atoms with E-state index in [1.807, 2.05) is 12.1 Å². The molecule has 1 aliphatic rings. The zero-order chi connectivity index (χ0) is 18.6. The summed E-state index contributed by atoms with van der Waals surface area (Å²) in [5.74, 6) is 3.15. The number of halogens is 2. The van der Waals surface area contributed by atoms with E-state index in [0.29, 0.717) is 18.4 Å². The maximum absolute atomic E-state index is 6.03. The second-order valence-electron chi connectivity index (χ2n) is 7.03. The minimum Gasteiger partial charge on any atom is -0.496 e. The van der Waals surface area contributed by atoms with E-state index in [1.165, 1.54) is 32.1 Å². The van der Waals surface area contributed by atoms with E-state index in [4.69, 9.17) is 37.4 Å². The van der Waals surface area contributed by atoms with Crippen molar-refractivity contribution in [1.29, 1.82) is 0 Å². The van der Waals surface area contributed by atoms with Gasteiger partial charge in [0.15, 0.2) is 0 Å². The Hall–Kier alpha value is -0.640. The quantitative estimate of drug-likeness (QED) is 0.302. The van der Waals surface area contributed by atoms with Crippen molar-refractivity contribution in [3.8, 4) is 11.5 Å². The molecule has 2 rings (SSSR count). The summed E-state index contributed by atoms with van der Waals surface area (Å²) in [6, 6.07) is 3.86. The first-order valence-electron chi connectivity index (χ1n) is 9.80. The van der Waals surface area contributed by atoms with Crippen LogP contribution < -0.4 is 9.47 Å². The Morgan fingerprint density at radius 1 is 0.885 bits per heavy atom. The van der Waals surface area contributed by atoms with E-state index >= 15 is 0 Å². The first kappa shape index (κ1) is 21.7. The Bertz CT molecular complexity index is 516. The molecule has 0 saturated heterocycles. The number of benzene rings is 1. The summed E-state index contributed by atoms with van der Waals surface area (Å²) in [4.78, 5) is 0. The molecule has 3 nitrogen and oxygen atoms in total. The summed E-state index contributed by atoms with van der Waals surface area (Å²) in [7, 11) is 1.64. The van der Waals surface area contributed by atoms with Gasteiger partial charge in [0.1, 0.15) is 11.5 Å². The molecule has 5 heteroatoms. The molecule has 1 fully saturated rings. The zero-order valence-electron chi connectivity index (χ0n) is 15.9. The summed E-state index contributed by atoms with van der Waals surface area (Å²) < 4.78 is 17.1. The fraction of sp³-hybridized carbons (Fsp3) is 0.714. The van der Waals surface area contributed by atoms with Gasteiger partial charge in [-0.2, -0.15) is 0 Å². The van der Waals surface area contributed by atoms with Gasteiger partial charge in [0.2, 0.25) is 0 Å². The number of alkyl halides is 2. The van der Waals surface area contributed by atoms with Crippen molar-refractivity contribution in [1.82, 2.24) is 0 Å². The molecule has 1 aliphatic carbocycles. The lowest BCUT2D eigenvalue weighted by Gasteiger charge is -2.21. The average Bonchev–Trinajstić information content (AvgIpc) is 2.70. The van der Waals surface area contributed by atoms with Crippen LogP contribution in [-0.2, 0) is 16.5 Å². The average molecular weight is 403 g/mol.